The average Bonchev–Trinajstić information content (AvgIpc) is 3.35. The first-order valence-corrected chi connectivity index (χ1v) is 9.39. The lowest BCUT2D eigenvalue weighted by Gasteiger charge is -2.10. The number of carbonyl (C=O) groups excluding carboxylic acids is 1. The summed E-state index contributed by atoms with van der Waals surface area (Å²) >= 11 is 7.69. The minimum absolute atomic E-state index is 0.154. The zero-order valence-electron chi connectivity index (χ0n) is 14.0. The molecule has 0 atom stereocenters. The molecule has 0 radical (unpaired) electrons. The molecule has 134 valence electrons. The number of para-hydroxylation sites is 2. The number of nitrogens with one attached hydrogen (secondary N) is 1. The molecule has 1 N–H and O–H groups in total. The van der Waals surface area contributed by atoms with Crippen LogP contribution in [0.15, 0.2) is 66.6 Å². The van der Waals surface area contributed by atoms with Crippen molar-refractivity contribution in [1.29, 1.82) is 0 Å². The zero-order valence-corrected chi connectivity index (χ0v) is 15.6. The van der Waals surface area contributed by atoms with Gasteiger partial charge < -0.3 is 5.32 Å². The average molecular weight is 396 g/mol. The summed E-state index contributed by atoms with van der Waals surface area (Å²) in [7, 11) is 0. The van der Waals surface area contributed by atoms with Crippen LogP contribution in [-0.4, -0.2) is 25.7 Å². The Morgan fingerprint density at radius 1 is 1.15 bits per heavy atom. The molecule has 0 aliphatic rings. The van der Waals surface area contributed by atoms with Gasteiger partial charge in [-0.1, -0.05) is 41.9 Å². The van der Waals surface area contributed by atoms with E-state index in [2.05, 4.69) is 20.4 Å². The van der Waals surface area contributed by atoms with E-state index in [-0.39, 0.29) is 12.3 Å². The number of thiazole rings is 1. The number of aromatic nitrogens is 4. The predicted octanol–water partition coefficient (Wildman–Crippen LogP) is 4.23. The second-order valence-corrected chi connectivity index (χ2v) is 6.97. The summed E-state index contributed by atoms with van der Waals surface area (Å²) in [5, 5.41) is 10.4. The number of hydrogen-bond acceptors (Lipinski definition) is 5. The molecule has 2 heterocycles. The molecular weight excluding hydrogens is 382 g/mol. The van der Waals surface area contributed by atoms with Crippen LogP contribution < -0.4 is 5.32 Å². The van der Waals surface area contributed by atoms with Crippen molar-refractivity contribution in [3.8, 4) is 16.3 Å². The lowest BCUT2D eigenvalue weighted by Crippen LogP contribution is -2.16. The summed E-state index contributed by atoms with van der Waals surface area (Å²) in [5.41, 5.74) is 2.98. The van der Waals surface area contributed by atoms with Gasteiger partial charge in [0.05, 0.1) is 28.5 Å². The molecular formula is C19H14ClN5OS. The molecule has 4 rings (SSSR count). The Hall–Kier alpha value is -3.03. The van der Waals surface area contributed by atoms with Crippen LogP contribution >= 0.6 is 22.9 Å². The van der Waals surface area contributed by atoms with Gasteiger partial charge in [0.1, 0.15) is 17.7 Å². The molecule has 0 aliphatic carbocycles. The molecule has 0 unspecified atom stereocenters. The normalized spacial score (nSPS) is 10.7. The van der Waals surface area contributed by atoms with E-state index in [1.165, 1.54) is 17.7 Å². The number of rotatable bonds is 5. The number of hydrogen-bond donors (Lipinski definition) is 1. The minimum atomic E-state index is -0.154. The van der Waals surface area contributed by atoms with E-state index in [4.69, 9.17) is 11.6 Å². The van der Waals surface area contributed by atoms with Crippen molar-refractivity contribution in [3.05, 3.63) is 77.3 Å². The van der Waals surface area contributed by atoms with Gasteiger partial charge in [0.15, 0.2) is 0 Å². The van der Waals surface area contributed by atoms with Crippen LogP contribution in [-0.2, 0) is 11.2 Å². The monoisotopic (exact) mass is 395 g/mol. The maximum Gasteiger partial charge on any atom is 0.230 e. The van der Waals surface area contributed by atoms with Crippen molar-refractivity contribution in [2.24, 2.45) is 0 Å². The molecule has 1 amide bonds. The first-order chi connectivity index (χ1) is 13.2. The molecule has 6 nitrogen and oxygen atoms in total. The van der Waals surface area contributed by atoms with Crippen LogP contribution in [0.4, 0.5) is 5.69 Å². The molecule has 8 heteroatoms. The van der Waals surface area contributed by atoms with Gasteiger partial charge in [0.2, 0.25) is 5.91 Å². The fourth-order valence-electron chi connectivity index (χ4n) is 2.62. The minimum Gasteiger partial charge on any atom is -0.324 e. The lowest BCUT2D eigenvalue weighted by atomic mass is 10.2. The van der Waals surface area contributed by atoms with Gasteiger partial charge in [-0.2, -0.15) is 5.10 Å². The van der Waals surface area contributed by atoms with Crippen molar-refractivity contribution >= 4 is 34.5 Å². The quantitative estimate of drug-likeness (QED) is 0.549. The van der Waals surface area contributed by atoms with Crippen LogP contribution in [0.25, 0.3) is 16.3 Å². The summed E-state index contributed by atoms with van der Waals surface area (Å²) in [6.45, 7) is 0. The first kappa shape index (κ1) is 17.4. The third-order valence-electron chi connectivity index (χ3n) is 3.84. The number of carbonyl (C=O) groups is 1. The highest BCUT2D eigenvalue weighted by Crippen LogP contribution is 2.30. The van der Waals surface area contributed by atoms with Crippen LogP contribution in [0.1, 0.15) is 5.69 Å². The molecule has 0 saturated heterocycles. The second-order valence-electron chi connectivity index (χ2n) is 5.71. The van der Waals surface area contributed by atoms with Crippen molar-refractivity contribution < 1.29 is 4.79 Å². The van der Waals surface area contributed by atoms with Gasteiger partial charge in [0, 0.05) is 10.9 Å². The number of halogens is 1. The number of nitrogens with zero attached hydrogens (tertiary/aromatic N) is 4. The van der Waals surface area contributed by atoms with Gasteiger partial charge in [-0.3, -0.25) is 4.79 Å². The van der Waals surface area contributed by atoms with E-state index in [9.17, 15) is 4.79 Å². The van der Waals surface area contributed by atoms with Crippen LogP contribution in [0.3, 0.4) is 0 Å². The highest BCUT2D eigenvalue weighted by atomic mass is 35.5. The maximum atomic E-state index is 12.5. The molecule has 4 aromatic rings. The fourth-order valence-corrected chi connectivity index (χ4v) is 3.76. The number of amides is 1. The third-order valence-corrected chi connectivity index (χ3v) is 5.10. The topological polar surface area (TPSA) is 72.7 Å². The number of benzene rings is 2. The SMILES string of the molecule is O=C(Cc1csc(-c2ccccc2Cl)n1)Nc1ccccc1-n1cncn1. The molecule has 0 spiro atoms. The molecule has 2 aromatic heterocycles. The molecule has 27 heavy (non-hydrogen) atoms. The van der Waals surface area contributed by atoms with E-state index < -0.39 is 0 Å². The Kier molecular flexibility index (Phi) is 4.95. The standard InChI is InChI=1S/C19H14ClN5OS/c20-15-6-2-1-5-14(15)19-23-13(10-27-19)9-18(26)24-16-7-3-4-8-17(16)25-12-21-11-22-25/h1-8,10-12H,9H2,(H,24,26). The summed E-state index contributed by atoms with van der Waals surface area (Å²) < 4.78 is 1.61. The highest BCUT2D eigenvalue weighted by molar-refractivity contribution is 7.13. The Morgan fingerprint density at radius 2 is 1.96 bits per heavy atom. The Balaban J connectivity index is 1.49. The predicted molar refractivity (Wildman–Crippen MR) is 106 cm³/mol. The van der Waals surface area contributed by atoms with Gasteiger partial charge in [-0.15, -0.1) is 11.3 Å². The summed E-state index contributed by atoms with van der Waals surface area (Å²) in [4.78, 5) is 21.0. The lowest BCUT2D eigenvalue weighted by molar-refractivity contribution is -0.115. The Labute approximate surface area is 164 Å². The molecule has 0 fully saturated rings. The van der Waals surface area contributed by atoms with E-state index in [0.717, 1.165) is 16.3 Å². The van der Waals surface area contributed by atoms with Crippen molar-refractivity contribution in [2.75, 3.05) is 5.32 Å². The zero-order chi connectivity index (χ0) is 18.6. The summed E-state index contributed by atoms with van der Waals surface area (Å²) in [6, 6.07) is 15.0. The van der Waals surface area contributed by atoms with Crippen molar-refractivity contribution in [3.63, 3.8) is 0 Å². The molecule has 0 bridgehead atoms. The number of anilines is 1. The van der Waals surface area contributed by atoms with Crippen molar-refractivity contribution in [1.82, 2.24) is 19.7 Å². The third kappa shape index (κ3) is 3.89. The van der Waals surface area contributed by atoms with Crippen molar-refractivity contribution in [2.45, 2.75) is 6.42 Å². The van der Waals surface area contributed by atoms with E-state index in [1.807, 2.05) is 53.9 Å². The van der Waals surface area contributed by atoms with E-state index in [1.54, 1.807) is 11.0 Å². The van der Waals surface area contributed by atoms with Gasteiger partial charge >= 0.3 is 0 Å². The fraction of sp³-hybridized carbons (Fsp3) is 0.0526. The van der Waals surface area contributed by atoms with Gasteiger partial charge in [-0.25, -0.2) is 14.6 Å². The van der Waals surface area contributed by atoms with Crippen LogP contribution in [0.2, 0.25) is 5.02 Å². The highest BCUT2D eigenvalue weighted by Gasteiger charge is 2.13. The smallest absolute Gasteiger partial charge is 0.230 e. The maximum absolute atomic E-state index is 12.5. The molecule has 0 aliphatic heterocycles. The van der Waals surface area contributed by atoms with E-state index in [0.29, 0.717) is 16.4 Å². The van der Waals surface area contributed by atoms with Gasteiger partial charge in [0.25, 0.3) is 0 Å². The first-order valence-electron chi connectivity index (χ1n) is 8.14. The Bertz CT molecular complexity index is 1080. The largest absolute Gasteiger partial charge is 0.324 e. The van der Waals surface area contributed by atoms with Crippen LogP contribution in [0.5, 0.6) is 0 Å². The van der Waals surface area contributed by atoms with Crippen LogP contribution in [0, 0.1) is 0 Å². The molecule has 2 aromatic carbocycles. The summed E-state index contributed by atoms with van der Waals surface area (Å²) in [6.07, 6.45) is 3.21. The molecule has 0 saturated carbocycles. The van der Waals surface area contributed by atoms with E-state index >= 15 is 0 Å². The van der Waals surface area contributed by atoms with Gasteiger partial charge in [-0.05, 0) is 18.2 Å². The second kappa shape index (κ2) is 7.69. The Morgan fingerprint density at radius 3 is 2.78 bits per heavy atom. The summed E-state index contributed by atoms with van der Waals surface area (Å²) in [5.74, 6) is -0.154.